The number of benzene rings is 7. The molecule has 0 saturated carbocycles. The van der Waals surface area contributed by atoms with Crippen molar-refractivity contribution in [3.8, 4) is 22.9 Å². The van der Waals surface area contributed by atoms with Crippen LogP contribution in [0.1, 0.15) is 5.56 Å². The van der Waals surface area contributed by atoms with Gasteiger partial charge in [-0.2, -0.15) is 5.26 Å². The predicted octanol–water partition coefficient (Wildman–Crippen LogP) is 8.25. The van der Waals surface area contributed by atoms with E-state index in [1.54, 1.807) is 0 Å². The summed E-state index contributed by atoms with van der Waals surface area (Å²) in [5.74, 6) is 0. The third-order valence-corrected chi connectivity index (χ3v) is 14.2. The molecular weight excluding hydrogens is 599 g/mol. The molecule has 0 spiro atoms. The minimum Gasteiger partial charge on any atom is -0.309 e. The van der Waals surface area contributed by atoms with E-state index in [2.05, 4.69) is 155 Å². The number of rotatable bonds is 6. The molecule has 0 amide bonds. The number of hydrogen-bond acceptors (Lipinski definition) is 1. The fraction of sp³-hybridized carbons (Fsp3) is 0. The lowest BCUT2D eigenvalue weighted by atomic mass is 9.99. The van der Waals surface area contributed by atoms with Crippen LogP contribution in [0.5, 0.6) is 0 Å². The van der Waals surface area contributed by atoms with Crippen molar-refractivity contribution in [3.05, 3.63) is 193 Å². The average Bonchev–Trinajstić information content (AvgIpc) is 3.50. The van der Waals surface area contributed by atoms with E-state index >= 15 is 0 Å². The fourth-order valence-electron chi connectivity index (χ4n) is 7.29. The molecular formula is C44H29N3Si. The van der Waals surface area contributed by atoms with Crippen molar-refractivity contribution in [1.29, 1.82) is 5.26 Å². The van der Waals surface area contributed by atoms with Gasteiger partial charge in [-0.25, -0.2) is 4.85 Å². The SMILES string of the molecule is [C-]#[N+]c1ccc2c(c1)c1ccccc1n2-c1ccc(-c2ccc([Si](c3ccccc3)(c3ccccc3)c3ccccc3)cc2)c(C#N)c1. The quantitative estimate of drug-likeness (QED) is 0.104. The minimum atomic E-state index is -2.64. The summed E-state index contributed by atoms with van der Waals surface area (Å²) in [5.41, 5.74) is 6.09. The molecule has 8 rings (SSSR count). The lowest BCUT2D eigenvalue weighted by molar-refractivity contribution is 1.18. The lowest BCUT2D eigenvalue weighted by Crippen LogP contribution is -2.74. The van der Waals surface area contributed by atoms with Gasteiger partial charge in [-0.3, -0.25) is 0 Å². The maximum absolute atomic E-state index is 10.4. The number of nitrogens with zero attached hydrogens (tertiary/aromatic N) is 3. The lowest BCUT2D eigenvalue weighted by Gasteiger charge is -2.34. The molecule has 0 atom stereocenters. The summed E-state index contributed by atoms with van der Waals surface area (Å²) in [7, 11) is -2.64. The van der Waals surface area contributed by atoms with E-state index in [0.717, 1.165) is 38.6 Å². The summed E-state index contributed by atoms with van der Waals surface area (Å²) in [6.07, 6.45) is 0. The van der Waals surface area contributed by atoms with Crippen LogP contribution in [-0.4, -0.2) is 12.6 Å². The maximum atomic E-state index is 10.4. The van der Waals surface area contributed by atoms with Crippen molar-refractivity contribution >= 4 is 56.3 Å². The molecule has 3 nitrogen and oxygen atoms in total. The maximum Gasteiger partial charge on any atom is 0.188 e. The Morgan fingerprint density at radius 3 is 1.65 bits per heavy atom. The Kier molecular flexibility index (Phi) is 7.27. The Labute approximate surface area is 281 Å². The van der Waals surface area contributed by atoms with Gasteiger partial charge in [-0.15, -0.1) is 0 Å². The highest BCUT2D eigenvalue weighted by Gasteiger charge is 2.41. The first-order chi connectivity index (χ1) is 23.7. The molecule has 0 radical (unpaired) electrons. The predicted molar refractivity (Wildman–Crippen MR) is 201 cm³/mol. The van der Waals surface area contributed by atoms with Crippen LogP contribution in [0.3, 0.4) is 0 Å². The number of fused-ring (bicyclic) bond motifs is 3. The number of hydrogen-bond donors (Lipinski definition) is 0. The second-order valence-electron chi connectivity index (χ2n) is 11.9. The smallest absolute Gasteiger partial charge is 0.188 e. The van der Waals surface area contributed by atoms with Crippen LogP contribution in [0.25, 0.3) is 43.5 Å². The molecule has 0 fully saturated rings. The van der Waals surface area contributed by atoms with Gasteiger partial charge in [0.2, 0.25) is 0 Å². The molecule has 0 unspecified atom stereocenters. The van der Waals surface area contributed by atoms with E-state index < -0.39 is 8.07 Å². The van der Waals surface area contributed by atoms with Gasteiger partial charge in [0.1, 0.15) is 0 Å². The number of para-hydroxylation sites is 1. The van der Waals surface area contributed by atoms with Crippen molar-refractivity contribution in [2.75, 3.05) is 0 Å². The van der Waals surface area contributed by atoms with Gasteiger partial charge in [0.25, 0.3) is 0 Å². The Balaban J connectivity index is 1.27. The van der Waals surface area contributed by atoms with Gasteiger partial charge in [0.05, 0.1) is 29.2 Å². The van der Waals surface area contributed by atoms with Gasteiger partial charge >= 0.3 is 0 Å². The van der Waals surface area contributed by atoms with Crippen molar-refractivity contribution < 1.29 is 0 Å². The molecule has 7 aromatic carbocycles. The minimum absolute atomic E-state index is 0.612. The summed E-state index contributed by atoms with van der Waals surface area (Å²) >= 11 is 0. The Morgan fingerprint density at radius 2 is 1.06 bits per heavy atom. The van der Waals surface area contributed by atoms with Gasteiger partial charge < -0.3 is 4.57 Å². The Morgan fingerprint density at radius 1 is 0.521 bits per heavy atom. The third-order valence-electron chi connectivity index (χ3n) is 9.42. The molecule has 1 aromatic heterocycles. The monoisotopic (exact) mass is 627 g/mol. The number of aromatic nitrogens is 1. The van der Waals surface area contributed by atoms with Crippen LogP contribution >= 0.6 is 0 Å². The zero-order chi connectivity index (χ0) is 32.5. The molecule has 4 heteroatoms. The normalized spacial score (nSPS) is 11.3. The topological polar surface area (TPSA) is 33.1 Å². The van der Waals surface area contributed by atoms with E-state index in [0.29, 0.717) is 11.3 Å². The van der Waals surface area contributed by atoms with Crippen molar-refractivity contribution in [3.63, 3.8) is 0 Å². The first-order valence-corrected chi connectivity index (χ1v) is 17.9. The molecule has 8 aromatic rings. The summed E-state index contributed by atoms with van der Waals surface area (Å²) in [5, 5.41) is 17.8. The highest BCUT2D eigenvalue weighted by atomic mass is 28.3. The van der Waals surface area contributed by atoms with Gasteiger partial charge in [-0.05, 0) is 67.6 Å². The van der Waals surface area contributed by atoms with Crippen LogP contribution in [0, 0.1) is 17.9 Å². The third kappa shape index (κ3) is 4.64. The zero-order valence-electron chi connectivity index (χ0n) is 26.1. The standard InChI is InChI=1S/C44H29N3Si/c1-46-34-23-28-44-42(30-34)41-19-11-12-20-43(41)47(44)35-24-27-40(33(29-35)31-45)32-21-25-39(26-22-32)48(36-13-5-2-6-14-36,37-15-7-3-8-16-37)38-17-9-4-10-18-38/h2-30H. The largest absolute Gasteiger partial charge is 0.309 e. The number of nitriles is 1. The molecule has 224 valence electrons. The molecule has 0 aliphatic rings. The van der Waals surface area contributed by atoms with E-state index in [-0.39, 0.29) is 0 Å². The van der Waals surface area contributed by atoms with E-state index in [9.17, 15) is 5.26 Å². The molecule has 48 heavy (non-hydrogen) atoms. The Bertz CT molecular complexity index is 2410. The molecule has 0 saturated heterocycles. The average molecular weight is 628 g/mol. The second kappa shape index (κ2) is 12.0. The molecule has 0 N–H and O–H groups in total. The first kappa shape index (κ1) is 29.0. The Hall–Kier alpha value is -6.46. The summed E-state index contributed by atoms with van der Waals surface area (Å²) in [4.78, 5) is 3.65. The van der Waals surface area contributed by atoms with E-state index in [1.807, 2.05) is 36.4 Å². The van der Waals surface area contributed by atoms with Gasteiger partial charge in [0.15, 0.2) is 13.8 Å². The van der Waals surface area contributed by atoms with E-state index in [4.69, 9.17) is 6.57 Å². The van der Waals surface area contributed by atoms with E-state index in [1.165, 1.54) is 20.7 Å². The summed E-state index contributed by atoms with van der Waals surface area (Å²) in [6, 6.07) is 64.2. The van der Waals surface area contributed by atoms with Crippen LogP contribution in [-0.2, 0) is 0 Å². The molecule has 0 bridgehead atoms. The fourth-order valence-corrected chi connectivity index (χ4v) is 12.0. The van der Waals surface area contributed by atoms with Gasteiger partial charge in [-0.1, -0.05) is 146 Å². The van der Waals surface area contributed by atoms with Crippen molar-refractivity contribution in [1.82, 2.24) is 4.57 Å². The zero-order valence-corrected chi connectivity index (χ0v) is 27.1. The first-order valence-electron chi connectivity index (χ1n) is 15.9. The molecule has 1 heterocycles. The van der Waals surface area contributed by atoms with Crippen LogP contribution in [0.4, 0.5) is 5.69 Å². The van der Waals surface area contributed by atoms with Crippen LogP contribution in [0.15, 0.2) is 176 Å². The highest BCUT2D eigenvalue weighted by Crippen LogP contribution is 2.35. The van der Waals surface area contributed by atoms with Crippen LogP contribution < -0.4 is 20.7 Å². The van der Waals surface area contributed by atoms with Gasteiger partial charge in [0, 0.05) is 11.1 Å². The summed E-state index contributed by atoms with van der Waals surface area (Å²) in [6.45, 7) is 7.52. The summed E-state index contributed by atoms with van der Waals surface area (Å²) < 4.78 is 2.19. The van der Waals surface area contributed by atoms with Crippen molar-refractivity contribution in [2.45, 2.75) is 0 Å². The second-order valence-corrected chi connectivity index (χ2v) is 15.7. The van der Waals surface area contributed by atoms with Crippen molar-refractivity contribution in [2.24, 2.45) is 0 Å². The molecule has 0 aliphatic carbocycles. The van der Waals surface area contributed by atoms with Crippen LogP contribution in [0.2, 0.25) is 0 Å². The molecule has 0 aliphatic heterocycles. The highest BCUT2D eigenvalue weighted by molar-refractivity contribution is 7.19.